The summed E-state index contributed by atoms with van der Waals surface area (Å²) in [6.07, 6.45) is 4.19. The number of para-hydroxylation sites is 1. The number of rotatable bonds is 5. The molecule has 4 nitrogen and oxygen atoms in total. The zero-order chi connectivity index (χ0) is 28.5. The maximum Gasteiger partial charge on any atom is 0.227 e. The Bertz CT molecular complexity index is 2220. The molecule has 5 aromatic carbocycles. The number of oxazole rings is 1. The lowest BCUT2D eigenvalue weighted by atomic mass is 10.0. The van der Waals surface area contributed by atoms with Crippen molar-refractivity contribution in [2.24, 2.45) is 0 Å². The van der Waals surface area contributed by atoms with Crippen LogP contribution in [0.1, 0.15) is 12.5 Å². The van der Waals surface area contributed by atoms with Crippen molar-refractivity contribution in [1.82, 2.24) is 15.0 Å². The van der Waals surface area contributed by atoms with E-state index in [0.717, 1.165) is 60.4 Å². The topological polar surface area (TPSA) is 51.8 Å². The zero-order valence-corrected chi connectivity index (χ0v) is 23.2. The molecular formula is C38H27N3O. The molecule has 0 aliphatic heterocycles. The molecule has 0 bridgehead atoms. The molecule has 7 rings (SSSR count). The average Bonchev–Trinajstić information content (AvgIpc) is 3.50. The van der Waals surface area contributed by atoms with Crippen LogP contribution in [0.3, 0.4) is 0 Å². The highest BCUT2D eigenvalue weighted by Crippen LogP contribution is 2.30. The number of hydrogen-bond acceptors (Lipinski definition) is 4. The Balaban J connectivity index is 1.25. The first-order valence-corrected chi connectivity index (χ1v) is 13.9. The largest absolute Gasteiger partial charge is 0.435 e. The first-order chi connectivity index (χ1) is 20.6. The van der Waals surface area contributed by atoms with Gasteiger partial charge in [-0.15, -0.1) is 0 Å². The number of allylic oxidation sites excluding steroid dienone is 2. The number of nitrogens with zero attached hydrogens (tertiary/aromatic N) is 3. The van der Waals surface area contributed by atoms with Crippen LogP contribution in [0.25, 0.3) is 74.3 Å². The molecule has 0 saturated heterocycles. The Labute approximate surface area is 243 Å². The Morgan fingerprint density at radius 2 is 1.38 bits per heavy atom. The SMILES string of the molecule is C=c1/c(=C\C=C(/C)c2cccc(-c3nc(-c4ccccc4)c4ccccc4n3)c2)ccc2nc(-c3ccccc3)oc12. The van der Waals surface area contributed by atoms with Crippen molar-refractivity contribution in [2.45, 2.75) is 6.92 Å². The minimum absolute atomic E-state index is 0.600. The molecule has 2 heterocycles. The average molecular weight is 542 g/mol. The van der Waals surface area contributed by atoms with Gasteiger partial charge in [-0.3, -0.25) is 0 Å². The van der Waals surface area contributed by atoms with Crippen molar-refractivity contribution in [1.29, 1.82) is 0 Å². The van der Waals surface area contributed by atoms with E-state index in [1.165, 1.54) is 0 Å². The highest BCUT2D eigenvalue weighted by molar-refractivity contribution is 5.93. The first-order valence-electron chi connectivity index (χ1n) is 13.9. The van der Waals surface area contributed by atoms with Crippen LogP contribution in [0, 0.1) is 0 Å². The van der Waals surface area contributed by atoms with Crippen molar-refractivity contribution >= 4 is 40.2 Å². The third-order valence-corrected chi connectivity index (χ3v) is 7.46. The maximum atomic E-state index is 6.13. The molecule has 42 heavy (non-hydrogen) atoms. The van der Waals surface area contributed by atoms with Crippen molar-refractivity contribution < 1.29 is 4.42 Å². The van der Waals surface area contributed by atoms with Gasteiger partial charge in [-0.05, 0) is 53.6 Å². The molecule has 0 spiro atoms. The fourth-order valence-electron chi connectivity index (χ4n) is 5.16. The molecular weight excluding hydrogens is 514 g/mol. The van der Waals surface area contributed by atoms with Gasteiger partial charge >= 0.3 is 0 Å². The van der Waals surface area contributed by atoms with E-state index in [4.69, 9.17) is 14.4 Å². The van der Waals surface area contributed by atoms with Crippen molar-refractivity contribution in [3.8, 4) is 34.1 Å². The predicted molar refractivity (Wildman–Crippen MR) is 173 cm³/mol. The third-order valence-electron chi connectivity index (χ3n) is 7.46. The summed E-state index contributed by atoms with van der Waals surface area (Å²) in [6.45, 7) is 6.41. The summed E-state index contributed by atoms with van der Waals surface area (Å²) in [7, 11) is 0. The van der Waals surface area contributed by atoms with Crippen LogP contribution in [-0.2, 0) is 0 Å². The molecule has 0 amide bonds. The Hall–Kier alpha value is -5.61. The molecule has 0 unspecified atom stereocenters. The highest BCUT2D eigenvalue weighted by atomic mass is 16.3. The molecule has 0 aliphatic carbocycles. The zero-order valence-electron chi connectivity index (χ0n) is 23.2. The van der Waals surface area contributed by atoms with Gasteiger partial charge in [0.15, 0.2) is 11.4 Å². The van der Waals surface area contributed by atoms with Crippen molar-refractivity contribution in [3.05, 3.63) is 143 Å². The highest BCUT2D eigenvalue weighted by Gasteiger charge is 2.12. The molecule has 0 N–H and O–H groups in total. The van der Waals surface area contributed by atoms with E-state index in [1.807, 2.05) is 78.9 Å². The molecule has 4 heteroatoms. The number of fused-ring (bicyclic) bond motifs is 2. The van der Waals surface area contributed by atoms with Crippen LogP contribution in [0.15, 0.2) is 132 Å². The van der Waals surface area contributed by atoms with E-state index in [2.05, 4.69) is 73.1 Å². The van der Waals surface area contributed by atoms with Gasteiger partial charge in [-0.1, -0.05) is 110 Å². The van der Waals surface area contributed by atoms with E-state index >= 15 is 0 Å². The fraction of sp³-hybridized carbons (Fsp3) is 0.0263. The van der Waals surface area contributed by atoms with Gasteiger partial charge in [0.25, 0.3) is 0 Å². The van der Waals surface area contributed by atoms with Gasteiger partial charge in [-0.25, -0.2) is 15.0 Å². The lowest BCUT2D eigenvalue weighted by Gasteiger charge is -2.10. The molecule has 7 aromatic rings. The number of benzene rings is 5. The number of aromatic nitrogens is 3. The van der Waals surface area contributed by atoms with Crippen LogP contribution in [0.2, 0.25) is 0 Å². The summed E-state index contributed by atoms with van der Waals surface area (Å²) in [5.41, 5.74) is 8.56. The lowest BCUT2D eigenvalue weighted by Crippen LogP contribution is -2.22. The summed E-state index contributed by atoms with van der Waals surface area (Å²) in [5.74, 6) is 1.30. The minimum Gasteiger partial charge on any atom is -0.435 e. The minimum atomic E-state index is 0.600. The third kappa shape index (κ3) is 4.80. The smallest absolute Gasteiger partial charge is 0.227 e. The second kappa shape index (κ2) is 10.8. The normalized spacial score (nSPS) is 12.3. The van der Waals surface area contributed by atoms with E-state index in [9.17, 15) is 0 Å². The van der Waals surface area contributed by atoms with E-state index in [-0.39, 0.29) is 0 Å². The predicted octanol–water partition coefficient (Wildman–Crippen LogP) is 8.07. The van der Waals surface area contributed by atoms with Crippen LogP contribution < -0.4 is 10.4 Å². The fourth-order valence-corrected chi connectivity index (χ4v) is 5.16. The Kier molecular flexibility index (Phi) is 6.49. The molecule has 0 atom stereocenters. The lowest BCUT2D eigenvalue weighted by molar-refractivity contribution is 0.617. The standard InChI is InChI=1S/C38H27N3O/c1-25(20-21-27-22-23-34-36(26(27)2)42-38(40-34)29-14-7-4-8-15-29)30-16-11-17-31(24-30)37-39-33-19-10-9-18-32(33)35(41-37)28-12-5-3-6-13-28/h3-24H,2H2,1H3/b25-20+,27-21-. The first kappa shape index (κ1) is 25.4. The Morgan fingerprint density at radius 1 is 0.667 bits per heavy atom. The van der Waals surface area contributed by atoms with Gasteiger partial charge in [0.05, 0.1) is 11.2 Å². The molecule has 0 aliphatic rings. The second-order valence-corrected chi connectivity index (χ2v) is 10.2. The van der Waals surface area contributed by atoms with Crippen LogP contribution in [0.4, 0.5) is 0 Å². The summed E-state index contributed by atoms with van der Waals surface area (Å²) < 4.78 is 6.13. The molecule has 0 fully saturated rings. The van der Waals surface area contributed by atoms with Gasteiger partial charge in [0, 0.05) is 27.3 Å². The number of hydrogen-bond donors (Lipinski definition) is 0. The van der Waals surface area contributed by atoms with Crippen molar-refractivity contribution in [3.63, 3.8) is 0 Å². The quantitative estimate of drug-likeness (QED) is 0.221. The Morgan fingerprint density at radius 3 is 2.19 bits per heavy atom. The van der Waals surface area contributed by atoms with E-state index in [1.54, 1.807) is 0 Å². The van der Waals surface area contributed by atoms with Crippen molar-refractivity contribution in [2.75, 3.05) is 0 Å². The van der Waals surface area contributed by atoms with Crippen LogP contribution in [-0.4, -0.2) is 15.0 Å². The van der Waals surface area contributed by atoms with Gasteiger partial charge in [0.1, 0.15) is 5.52 Å². The van der Waals surface area contributed by atoms with E-state index < -0.39 is 0 Å². The summed E-state index contributed by atoms with van der Waals surface area (Å²) >= 11 is 0. The molecule has 0 saturated carbocycles. The van der Waals surface area contributed by atoms with Gasteiger partial charge < -0.3 is 4.42 Å². The van der Waals surface area contributed by atoms with Gasteiger partial charge in [0.2, 0.25) is 5.89 Å². The maximum absolute atomic E-state index is 6.13. The molecule has 0 radical (unpaired) electrons. The summed E-state index contributed by atoms with van der Waals surface area (Å²) in [5, 5.41) is 2.84. The monoisotopic (exact) mass is 541 g/mol. The second-order valence-electron chi connectivity index (χ2n) is 10.2. The summed E-state index contributed by atoms with van der Waals surface area (Å²) in [4.78, 5) is 14.6. The van der Waals surface area contributed by atoms with Gasteiger partial charge in [-0.2, -0.15) is 0 Å². The summed E-state index contributed by atoms with van der Waals surface area (Å²) in [6, 6.07) is 40.8. The molecule has 200 valence electrons. The molecule has 2 aromatic heterocycles. The van der Waals surface area contributed by atoms with E-state index in [0.29, 0.717) is 17.3 Å². The van der Waals surface area contributed by atoms with Crippen LogP contribution >= 0.6 is 0 Å². The van der Waals surface area contributed by atoms with Crippen LogP contribution in [0.5, 0.6) is 0 Å².